The van der Waals surface area contributed by atoms with Gasteiger partial charge in [-0.2, -0.15) is 0 Å². The molecule has 21 heavy (non-hydrogen) atoms. The van der Waals surface area contributed by atoms with Crippen LogP contribution in [-0.2, 0) is 15.4 Å². The Bertz CT molecular complexity index is 594. The summed E-state index contributed by atoms with van der Waals surface area (Å²) in [6, 6.07) is 5.64. The summed E-state index contributed by atoms with van der Waals surface area (Å²) in [6.45, 7) is 1.61. The second kappa shape index (κ2) is 7.31. The number of nitrogens with zero attached hydrogens (tertiary/aromatic N) is 1. The lowest BCUT2D eigenvalue weighted by Gasteiger charge is -2.31. The van der Waals surface area contributed by atoms with Gasteiger partial charge in [-0.15, -0.1) is 0 Å². The molecule has 0 bridgehead atoms. The van der Waals surface area contributed by atoms with Crippen LogP contribution in [-0.4, -0.2) is 38.7 Å². The van der Waals surface area contributed by atoms with Crippen molar-refractivity contribution in [2.45, 2.75) is 18.2 Å². The third kappa shape index (κ3) is 4.58. The van der Waals surface area contributed by atoms with Gasteiger partial charge in [0.2, 0.25) is 10.0 Å². The highest BCUT2D eigenvalue weighted by atomic mass is 79.9. The molecule has 1 heterocycles. The van der Waals surface area contributed by atoms with Gasteiger partial charge < -0.3 is 4.74 Å². The van der Waals surface area contributed by atoms with E-state index in [1.807, 2.05) is 12.1 Å². The molecule has 1 aromatic carbocycles. The molecule has 4 nitrogen and oxygen atoms in total. The molecule has 1 aromatic rings. The molecule has 0 N–H and O–H groups in total. The molecular formula is C14H19BrClNO3S. The van der Waals surface area contributed by atoms with E-state index in [-0.39, 0.29) is 5.92 Å². The lowest BCUT2D eigenvalue weighted by molar-refractivity contribution is 0.180. The van der Waals surface area contributed by atoms with Crippen LogP contribution in [0.5, 0.6) is 5.75 Å². The van der Waals surface area contributed by atoms with Gasteiger partial charge in [-0.25, -0.2) is 12.7 Å². The van der Waals surface area contributed by atoms with Crippen LogP contribution in [0.15, 0.2) is 18.2 Å². The topological polar surface area (TPSA) is 46.6 Å². The predicted octanol–water partition coefficient (Wildman–Crippen LogP) is 3.29. The number of benzene rings is 1. The number of alkyl halides is 1. The first-order chi connectivity index (χ1) is 9.91. The van der Waals surface area contributed by atoms with E-state index in [2.05, 4.69) is 15.9 Å². The van der Waals surface area contributed by atoms with Gasteiger partial charge in [-0.1, -0.05) is 39.7 Å². The Hall–Kier alpha value is -0.300. The molecule has 0 aromatic heterocycles. The number of sulfonamides is 1. The van der Waals surface area contributed by atoms with Crippen LogP contribution < -0.4 is 4.74 Å². The Kier molecular flexibility index (Phi) is 5.94. The minimum atomic E-state index is -3.12. The fourth-order valence-electron chi connectivity index (χ4n) is 2.49. The largest absolute Gasteiger partial charge is 0.491 e. The summed E-state index contributed by atoms with van der Waals surface area (Å²) in [4.78, 5) is 0. The summed E-state index contributed by atoms with van der Waals surface area (Å²) < 4.78 is 30.6. The quantitative estimate of drug-likeness (QED) is 0.718. The number of rotatable bonds is 5. The molecule has 1 saturated heterocycles. The van der Waals surface area contributed by atoms with E-state index in [4.69, 9.17) is 16.3 Å². The zero-order valence-electron chi connectivity index (χ0n) is 11.9. The maximum atomic E-state index is 11.6. The standard InChI is InChI=1S/C14H19BrClNO3S/c1-21(18,19)17-7-3-4-11(9-17)10-20-14-12(8-15)5-2-6-13(14)16/h2,5-6,11H,3-4,7-10H2,1H3. The summed E-state index contributed by atoms with van der Waals surface area (Å²) in [5, 5.41) is 1.26. The van der Waals surface area contributed by atoms with E-state index in [0.29, 0.717) is 35.8 Å². The van der Waals surface area contributed by atoms with Crippen molar-refractivity contribution in [3.63, 3.8) is 0 Å². The molecule has 0 radical (unpaired) electrons. The Morgan fingerprint density at radius 3 is 2.90 bits per heavy atom. The fraction of sp³-hybridized carbons (Fsp3) is 0.571. The first kappa shape index (κ1) is 17.1. The summed E-state index contributed by atoms with van der Waals surface area (Å²) in [5.41, 5.74) is 0.998. The highest BCUT2D eigenvalue weighted by Crippen LogP contribution is 2.31. The number of ether oxygens (including phenoxy) is 1. The zero-order chi connectivity index (χ0) is 15.5. The molecule has 1 aliphatic rings. The van der Waals surface area contributed by atoms with Gasteiger partial charge >= 0.3 is 0 Å². The van der Waals surface area contributed by atoms with Crippen molar-refractivity contribution in [1.82, 2.24) is 4.31 Å². The average molecular weight is 397 g/mol. The molecule has 2 rings (SSSR count). The first-order valence-electron chi connectivity index (χ1n) is 6.83. The SMILES string of the molecule is CS(=O)(=O)N1CCCC(COc2c(Cl)cccc2CBr)C1. The van der Waals surface area contributed by atoms with E-state index in [1.165, 1.54) is 10.6 Å². The monoisotopic (exact) mass is 395 g/mol. The Balaban J connectivity index is 2.00. The maximum absolute atomic E-state index is 11.6. The molecule has 118 valence electrons. The molecule has 1 unspecified atom stereocenters. The molecule has 7 heteroatoms. The van der Waals surface area contributed by atoms with Crippen molar-refractivity contribution in [1.29, 1.82) is 0 Å². The van der Waals surface area contributed by atoms with Gasteiger partial charge in [-0.05, 0) is 18.9 Å². The molecule has 0 spiro atoms. The zero-order valence-corrected chi connectivity index (χ0v) is 15.0. The highest BCUT2D eigenvalue weighted by molar-refractivity contribution is 9.08. The van der Waals surface area contributed by atoms with E-state index in [1.54, 1.807) is 6.07 Å². The molecule has 0 amide bonds. The summed E-state index contributed by atoms with van der Waals surface area (Å²) in [7, 11) is -3.12. The van der Waals surface area contributed by atoms with Crippen molar-refractivity contribution >= 4 is 37.6 Å². The molecule has 1 atom stereocenters. The van der Waals surface area contributed by atoms with Gasteiger partial charge in [0, 0.05) is 29.9 Å². The minimum absolute atomic E-state index is 0.202. The van der Waals surface area contributed by atoms with Crippen LogP contribution in [0.25, 0.3) is 0 Å². The van der Waals surface area contributed by atoms with Gasteiger partial charge in [0.15, 0.2) is 0 Å². The van der Waals surface area contributed by atoms with Crippen molar-refractivity contribution < 1.29 is 13.2 Å². The van der Waals surface area contributed by atoms with Crippen molar-refractivity contribution in [3.8, 4) is 5.75 Å². The van der Waals surface area contributed by atoms with Crippen LogP contribution >= 0.6 is 27.5 Å². The Morgan fingerprint density at radius 1 is 1.48 bits per heavy atom. The molecule has 0 saturated carbocycles. The van der Waals surface area contributed by atoms with Crippen LogP contribution in [0.3, 0.4) is 0 Å². The second-order valence-corrected chi connectivity index (χ2v) is 8.25. The Morgan fingerprint density at radius 2 is 2.24 bits per heavy atom. The average Bonchev–Trinajstić information content (AvgIpc) is 2.45. The smallest absolute Gasteiger partial charge is 0.211 e. The van der Waals surface area contributed by atoms with E-state index in [0.717, 1.165) is 18.4 Å². The molecule has 0 aliphatic carbocycles. The van der Waals surface area contributed by atoms with Crippen LogP contribution in [0, 0.1) is 5.92 Å². The number of halogens is 2. The Labute approximate surface area is 139 Å². The van der Waals surface area contributed by atoms with Gasteiger partial charge in [0.05, 0.1) is 17.9 Å². The fourth-order valence-corrected chi connectivity index (χ4v) is 4.12. The predicted molar refractivity (Wildman–Crippen MR) is 88.7 cm³/mol. The molecule has 1 fully saturated rings. The minimum Gasteiger partial charge on any atom is -0.491 e. The lowest BCUT2D eigenvalue weighted by Crippen LogP contribution is -2.41. The number of hydrogen-bond acceptors (Lipinski definition) is 3. The highest BCUT2D eigenvalue weighted by Gasteiger charge is 2.26. The number of hydrogen-bond donors (Lipinski definition) is 0. The van der Waals surface area contributed by atoms with Crippen molar-refractivity contribution in [3.05, 3.63) is 28.8 Å². The van der Waals surface area contributed by atoms with Crippen molar-refractivity contribution in [2.24, 2.45) is 5.92 Å². The van der Waals surface area contributed by atoms with E-state index < -0.39 is 10.0 Å². The summed E-state index contributed by atoms with van der Waals surface area (Å²) in [5.74, 6) is 0.889. The van der Waals surface area contributed by atoms with E-state index >= 15 is 0 Å². The summed E-state index contributed by atoms with van der Waals surface area (Å²) >= 11 is 9.59. The maximum Gasteiger partial charge on any atom is 0.211 e. The van der Waals surface area contributed by atoms with Gasteiger partial charge in [0.1, 0.15) is 5.75 Å². The number of para-hydroxylation sites is 1. The van der Waals surface area contributed by atoms with Gasteiger partial charge in [-0.3, -0.25) is 0 Å². The third-order valence-corrected chi connectivity index (χ3v) is 5.78. The van der Waals surface area contributed by atoms with Gasteiger partial charge in [0.25, 0.3) is 0 Å². The normalized spacial score (nSPS) is 20.4. The van der Waals surface area contributed by atoms with E-state index in [9.17, 15) is 8.42 Å². The van der Waals surface area contributed by atoms with Crippen LogP contribution in [0.4, 0.5) is 0 Å². The third-order valence-electron chi connectivity index (χ3n) is 3.61. The second-order valence-electron chi connectivity index (χ2n) is 5.30. The van der Waals surface area contributed by atoms with Crippen molar-refractivity contribution in [2.75, 3.05) is 26.0 Å². The molecular weight excluding hydrogens is 378 g/mol. The van der Waals surface area contributed by atoms with Crippen LogP contribution in [0.1, 0.15) is 18.4 Å². The number of piperidine rings is 1. The first-order valence-corrected chi connectivity index (χ1v) is 10.2. The lowest BCUT2D eigenvalue weighted by atomic mass is 10.0. The van der Waals surface area contributed by atoms with Crippen LogP contribution in [0.2, 0.25) is 5.02 Å². The summed E-state index contributed by atoms with van der Waals surface area (Å²) in [6.07, 6.45) is 3.10. The molecule has 1 aliphatic heterocycles.